The van der Waals surface area contributed by atoms with Crippen LogP contribution in [0.25, 0.3) is 17.5 Å². The molecule has 2 aromatic heterocycles. The van der Waals surface area contributed by atoms with Gasteiger partial charge in [-0.05, 0) is 66.9 Å². The van der Waals surface area contributed by atoms with Crippen LogP contribution < -0.4 is 16.2 Å². The van der Waals surface area contributed by atoms with Crippen molar-refractivity contribution in [2.75, 3.05) is 0 Å². The molecule has 2 aromatic carbocycles. The second-order valence-electron chi connectivity index (χ2n) is 7.87. The van der Waals surface area contributed by atoms with E-state index in [1.807, 2.05) is 30.1 Å². The van der Waals surface area contributed by atoms with Gasteiger partial charge in [0.05, 0.1) is 12.1 Å². The third-order valence-corrected chi connectivity index (χ3v) is 5.02. The van der Waals surface area contributed by atoms with Crippen molar-refractivity contribution in [1.29, 1.82) is 0 Å². The van der Waals surface area contributed by atoms with E-state index in [0.717, 1.165) is 33.6 Å². The Morgan fingerprint density at radius 3 is 2.54 bits per heavy atom. The number of H-pyrrole nitrogens is 1. The zero-order valence-electron chi connectivity index (χ0n) is 18.7. The van der Waals surface area contributed by atoms with Crippen LogP contribution >= 0.6 is 0 Å². The van der Waals surface area contributed by atoms with E-state index in [4.69, 9.17) is 13.7 Å². The predicted octanol–water partition coefficient (Wildman–Crippen LogP) is 4.79. The number of rotatable bonds is 7. The average molecular weight is 487 g/mol. The van der Waals surface area contributed by atoms with Crippen LogP contribution in [0.4, 0.5) is 13.2 Å². The van der Waals surface area contributed by atoms with E-state index in [2.05, 4.69) is 4.98 Å². The highest BCUT2D eigenvalue weighted by atomic mass is 19.4. The van der Waals surface area contributed by atoms with Gasteiger partial charge in [-0.25, -0.2) is 19.6 Å². The highest BCUT2D eigenvalue weighted by Gasteiger charge is 2.30. The fourth-order valence-electron chi connectivity index (χ4n) is 3.36. The quantitative estimate of drug-likeness (QED) is 0.402. The third kappa shape index (κ3) is 5.81. The largest absolute Gasteiger partial charge is 0.487 e. The molecule has 0 aliphatic rings. The first-order valence-corrected chi connectivity index (χ1v) is 10.4. The van der Waals surface area contributed by atoms with Gasteiger partial charge in [-0.1, -0.05) is 12.1 Å². The van der Waals surface area contributed by atoms with Crippen molar-refractivity contribution in [3.05, 3.63) is 97.7 Å². The number of aromatic nitrogens is 3. The van der Waals surface area contributed by atoms with Crippen LogP contribution in [-0.4, -0.2) is 14.7 Å². The standard InChI is InChI=1S/C24H20F3N3O5/c1-14(11-30-22(31)29-23(32)35-30)9-16-3-8-20(15(2)10-16)33-12-19-13-34-21(28-19)17-4-6-18(7-5-17)24(25,26)27/h3-10,13H,11-12H2,1-2H3,(H,29,31,32)/b14-9+. The number of aromatic amines is 1. The van der Waals surface area contributed by atoms with Crippen LogP contribution in [0.5, 0.6) is 5.75 Å². The molecule has 0 fully saturated rings. The lowest BCUT2D eigenvalue weighted by atomic mass is 10.1. The molecule has 182 valence electrons. The van der Waals surface area contributed by atoms with Gasteiger partial charge in [-0.3, -0.25) is 0 Å². The number of aryl methyl sites for hydroxylation is 1. The van der Waals surface area contributed by atoms with Gasteiger partial charge < -0.3 is 13.7 Å². The average Bonchev–Trinajstić information content (AvgIpc) is 3.38. The molecule has 0 saturated heterocycles. The molecule has 0 saturated carbocycles. The zero-order valence-corrected chi connectivity index (χ0v) is 18.7. The molecule has 0 bridgehead atoms. The normalized spacial score (nSPS) is 12.2. The molecule has 2 heterocycles. The van der Waals surface area contributed by atoms with Gasteiger partial charge in [0.1, 0.15) is 24.3 Å². The van der Waals surface area contributed by atoms with Crippen molar-refractivity contribution in [3.8, 4) is 17.2 Å². The van der Waals surface area contributed by atoms with Crippen LogP contribution in [-0.2, 0) is 19.3 Å². The van der Waals surface area contributed by atoms with E-state index in [0.29, 0.717) is 17.0 Å². The SMILES string of the molecule is C/C(=C\c1ccc(OCc2coc(-c3ccc(C(F)(F)F)cc3)n2)c(C)c1)Cn1oc(=O)[nH]c1=O. The first kappa shape index (κ1) is 23.9. The molecule has 0 atom stereocenters. The predicted molar refractivity (Wildman–Crippen MR) is 120 cm³/mol. The summed E-state index contributed by atoms with van der Waals surface area (Å²) in [5.41, 5.74) is 2.06. The van der Waals surface area contributed by atoms with Gasteiger partial charge in [0, 0.05) is 5.56 Å². The molecule has 0 aliphatic carbocycles. The Labute approximate surface area is 196 Å². The summed E-state index contributed by atoms with van der Waals surface area (Å²) in [6.45, 7) is 3.91. The Balaban J connectivity index is 1.39. The fourth-order valence-corrected chi connectivity index (χ4v) is 3.36. The van der Waals surface area contributed by atoms with Crippen molar-refractivity contribution in [1.82, 2.24) is 14.7 Å². The Morgan fingerprint density at radius 2 is 1.91 bits per heavy atom. The van der Waals surface area contributed by atoms with Gasteiger partial charge in [-0.15, -0.1) is 4.74 Å². The van der Waals surface area contributed by atoms with Gasteiger partial charge >= 0.3 is 17.6 Å². The lowest BCUT2D eigenvalue weighted by Gasteiger charge is -2.09. The fraction of sp³-hybridized carbons (Fsp3) is 0.208. The lowest BCUT2D eigenvalue weighted by Crippen LogP contribution is -2.17. The van der Waals surface area contributed by atoms with E-state index in [-0.39, 0.29) is 19.0 Å². The van der Waals surface area contributed by atoms with Crippen molar-refractivity contribution in [2.24, 2.45) is 0 Å². The van der Waals surface area contributed by atoms with E-state index in [9.17, 15) is 22.8 Å². The van der Waals surface area contributed by atoms with Crippen molar-refractivity contribution < 1.29 is 26.8 Å². The summed E-state index contributed by atoms with van der Waals surface area (Å²) in [6, 6.07) is 10.1. The Bertz CT molecular complexity index is 1470. The molecular formula is C24H20F3N3O5. The van der Waals surface area contributed by atoms with Crippen LogP contribution in [0, 0.1) is 6.92 Å². The van der Waals surface area contributed by atoms with E-state index < -0.39 is 23.2 Å². The number of oxazole rings is 1. The molecule has 0 radical (unpaired) electrons. The second-order valence-corrected chi connectivity index (χ2v) is 7.87. The number of hydrogen-bond acceptors (Lipinski definition) is 6. The van der Waals surface area contributed by atoms with E-state index in [1.165, 1.54) is 18.4 Å². The monoisotopic (exact) mass is 487 g/mol. The number of alkyl halides is 3. The number of nitrogens with zero attached hydrogens (tertiary/aromatic N) is 2. The number of hydrogen-bond donors (Lipinski definition) is 1. The van der Waals surface area contributed by atoms with Crippen molar-refractivity contribution in [2.45, 2.75) is 33.2 Å². The summed E-state index contributed by atoms with van der Waals surface area (Å²) in [4.78, 5) is 29.0. The maximum absolute atomic E-state index is 12.7. The smallest absolute Gasteiger partial charge is 0.440 e. The number of allylic oxidation sites excluding steroid dienone is 1. The Hall–Kier alpha value is -4.28. The number of nitrogens with one attached hydrogen (secondary N) is 1. The zero-order chi connectivity index (χ0) is 25.2. The maximum atomic E-state index is 12.7. The molecular weight excluding hydrogens is 467 g/mol. The van der Waals surface area contributed by atoms with E-state index >= 15 is 0 Å². The highest BCUT2D eigenvalue weighted by molar-refractivity contribution is 5.56. The first-order valence-electron chi connectivity index (χ1n) is 10.4. The number of benzene rings is 2. The van der Waals surface area contributed by atoms with Crippen molar-refractivity contribution in [3.63, 3.8) is 0 Å². The lowest BCUT2D eigenvalue weighted by molar-refractivity contribution is -0.137. The Morgan fingerprint density at radius 1 is 1.17 bits per heavy atom. The summed E-state index contributed by atoms with van der Waals surface area (Å²) < 4.78 is 55.1. The Kier molecular flexibility index (Phi) is 6.50. The van der Waals surface area contributed by atoms with Gasteiger partial charge in [0.2, 0.25) is 5.89 Å². The van der Waals surface area contributed by atoms with Crippen LogP contribution in [0.1, 0.15) is 29.3 Å². The van der Waals surface area contributed by atoms with Crippen molar-refractivity contribution >= 4 is 6.08 Å². The van der Waals surface area contributed by atoms with Crippen LogP contribution in [0.3, 0.4) is 0 Å². The minimum Gasteiger partial charge on any atom is -0.487 e. The minimum atomic E-state index is -4.41. The molecule has 0 spiro atoms. The summed E-state index contributed by atoms with van der Waals surface area (Å²) >= 11 is 0. The van der Waals surface area contributed by atoms with Gasteiger partial charge in [0.25, 0.3) is 0 Å². The van der Waals surface area contributed by atoms with Crippen LogP contribution in [0.15, 0.2) is 72.8 Å². The molecule has 4 aromatic rings. The molecule has 0 aliphatic heterocycles. The molecule has 1 N–H and O–H groups in total. The summed E-state index contributed by atoms with van der Waals surface area (Å²) in [5.74, 6) is 0.00726. The van der Waals surface area contributed by atoms with Crippen LogP contribution in [0.2, 0.25) is 0 Å². The first-order chi connectivity index (χ1) is 16.6. The maximum Gasteiger partial charge on any atom is 0.440 e. The summed E-state index contributed by atoms with van der Waals surface area (Å²) in [7, 11) is 0. The summed E-state index contributed by atoms with van der Waals surface area (Å²) in [6.07, 6.45) is -1.16. The van der Waals surface area contributed by atoms with Gasteiger partial charge in [0.15, 0.2) is 0 Å². The molecule has 35 heavy (non-hydrogen) atoms. The highest BCUT2D eigenvalue weighted by Crippen LogP contribution is 2.31. The van der Waals surface area contributed by atoms with E-state index in [1.54, 1.807) is 13.0 Å². The second kappa shape index (κ2) is 9.53. The van der Waals surface area contributed by atoms with Gasteiger partial charge in [-0.2, -0.15) is 13.2 Å². The molecule has 8 nitrogen and oxygen atoms in total. The molecule has 4 rings (SSSR count). The number of halogens is 3. The minimum absolute atomic E-state index is 0.106. The summed E-state index contributed by atoms with van der Waals surface area (Å²) in [5, 5.41) is 0. The number of ether oxygens (including phenoxy) is 1. The third-order valence-electron chi connectivity index (χ3n) is 5.02. The molecule has 0 amide bonds. The molecule has 11 heteroatoms. The molecule has 0 unspecified atom stereocenters. The topological polar surface area (TPSA) is 103 Å².